The van der Waals surface area contributed by atoms with Gasteiger partial charge in [0.25, 0.3) is 0 Å². The van der Waals surface area contributed by atoms with Crippen molar-refractivity contribution >= 4 is 23.1 Å². The number of hydrogen-bond acceptors (Lipinski definition) is 5. The van der Waals surface area contributed by atoms with Crippen LogP contribution >= 0.6 is 0 Å². The van der Waals surface area contributed by atoms with Crippen molar-refractivity contribution in [2.45, 2.75) is 39.8 Å². The number of aromatic nitrogens is 2. The Labute approximate surface area is 186 Å². The maximum atomic E-state index is 13.6. The number of nitrogens with one attached hydrogen (secondary N) is 2. The summed E-state index contributed by atoms with van der Waals surface area (Å²) >= 11 is 0. The molecule has 8 heteroatoms. The highest BCUT2D eigenvalue weighted by Gasteiger charge is 2.35. The van der Waals surface area contributed by atoms with Crippen LogP contribution in [0.1, 0.15) is 44.7 Å². The smallest absolute Gasteiger partial charge is 0.421 e. The molecule has 3 rings (SSSR count). The summed E-state index contributed by atoms with van der Waals surface area (Å²) in [5.74, 6) is 0.797. The van der Waals surface area contributed by atoms with Crippen molar-refractivity contribution in [3.8, 4) is 5.75 Å². The van der Waals surface area contributed by atoms with Crippen molar-refractivity contribution in [3.05, 3.63) is 65.9 Å². The van der Waals surface area contributed by atoms with Gasteiger partial charge in [-0.3, -0.25) is 0 Å². The number of hydrogen-bond donors (Lipinski definition) is 2. The van der Waals surface area contributed by atoms with Gasteiger partial charge in [-0.2, -0.15) is 18.2 Å². The van der Waals surface area contributed by atoms with Gasteiger partial charge >= 0.3 is 6.18 Å². The molecule has 0 saturated carbocycles. The molecule has 3 aromatic rings. The Hall–Kier alpha value is -3.29. The summed E-state index contributed by atoms with van der Waals surface area (Å²) in [5.41, 5.74) is 1.27. The van der Waals surface area contributed by atoms with Gasteiger partial charge in [0.2, 0.25) is 5.95 Å². The van der Waals surface area contributed by atoms with E-state index in [0.717, 1.165) is 11.8 Å². The van der Waals surface area contributed by atoms with Gasteiger partial charge in [0.15, 0.2) is 0 Å². The Bertz CT molecular complexity index is 1030. The largest absolute Gasteiger partial charge is 0.491 e. The molecule has 0 atom stereocenters. The number of nitrogens with zero attached hydrogens (tertiary/aromatic N) is 2. The Morgan fingerprint density at radius 3 is 2.25 bits per heavy atom. The first-order valence-corrected chi connectivity index (χ1v) is 10.4. The van der Waals surface area contributed by atoms with Crippen molar-refractivity contribution in [2.75, 3.05) is 17.2 Å². The summed E-state index contributed by atoms with van der Waals surface area (Å²) in [6, 6.07) is 14.4. The predicted molar refractivity (Wildman–Crippen MR) is 121 cm³/mol. The van der Waals surface area contributed by atoms with E-state index < -0.39 is 11.7 Å². The van der Waals surface area contributed by atoms with Gasteiger partial charge < -0.3 is 15.4 Å². The van der Waals surface area contributed by atoms with Crippen molar-refractivity contribution in [3.63, 3.8) is 0 Å². The normalized spacial score (nSPS) is 11.7. The fraction of sp³-hybridized carbons (Fsp3) is 0.333. The lowest BCUT2D eigenvalue weighted by atomic mass is 10.0. The van der Waals surface area contributed by atoms with Gasteiger partial charge in [-0.25, -0.2) is 4.98 Å². The zero-order chi connectivity index (χ0) is 23.3. The minimum absolute atomic E-state index is 0.0541. The molecule has 0 aliphatic carbocycles. The number of rotatable bonds is 8. The maximum absolute atomic E-state index is 13.6. The van der Waals surface area contributed by atoms with Gasteiger partial charge in [-0.05, 0) is 41.7 Å². The van der Waals surface area contributed by atoms with Crippen LogP contribution in [0.5, 0.6) is 5.75 Å². The Morgan fingerprint density at radius 2 is 1.62 bits per heavy atom. The average Bonchev–Trinajstić information content (AvgIpc) is 2.73. The zero-order valence-corrected chi connectivity index (χ0v) is 18.5. The molecule has 0 aliphatic heterocycles. The van der Waals surface area contributed by atoms with Crippen LogP contribution in [0, 0.1) is 5.92 Å². The molecule has 0 unspecified atom stereocenters. The third kappa shape index (κ3) is 6.12. The molecule has 5 nitrogen and oxygen atoms in total. The molecule has 32 heavy (non-hydrogen) atoms. The molecule has 0 spiro atoms. The zero-order valence-electron chi connectivity index (χ0n) is 18.5. The summed E-state index contributed by atoms with van der Waals surface area (Å²) in [4.78, 5) is 7.98. The highest BCUT2D eigenvalue weighted by atomic mass is 19.4. The number of halogens is 3. The third-order valence-electron chi connectivity index (χ3n) is 4.64. The maximum Gasteiger partial charge on any atom is 0.421 e. The summed E-state index contributed by atoms with van der Waals surface area (Å²) in [7, 11) is 0. The lowest BCUT2D eigenvalue weighted by Crippen LogP contribution is -2.13. The van der Waals surface area contributed by atoms with Crippen molar-refractivity contribution in [2.24, 2.45) is 5.92 Å². The van der Waals surface area contributed by atoms with Crippen molar-refractivity contribution in [1.29, 1.82) is 0 Å². The van der Waals surface area contributed by atoms with Crippen LogP contribution in [0.15, 0.2) is 54.7 Å². The minimum Gasteiger partial charge on any atom is -0.491 e. The monoisotopic (exact) mass is 444 g/mol. The van der Waals surface area contributed by atoms with Gasteiger partial charge in [0.1, 0.15) is 17.1 Å². The summed E-state index contributed by atoms with van der Waals surface area (Å²) < 4.78 is 46.6. The van der Waals surface area contributed by atoms with E-state index in [0.29, 0.717) is 29.6 Å². The molecule has 2 aromatic carbocycles. The van der Waals surface area contributed by atoms with Crippen LogP contribution in [-0.2, 0) is 6.18 Å². The number of anilines is 4. The van der Waals surface area contributed by atoms with Crippen LogP contribution < -0.4 is 15.4 Å². The first-order chi connectivity index (χ1) is 15.1. The second-order valence-electron chi connectivity index (χ2n) is 8.18. The summed E-state index contributed by atoms with van der Waals surface area (Å²) in [6.45, 7) is 8.60. The van der Waals surface area contributed by atoms with Crippen LogP contribution in [0.4, 0.5) is 36.3 Å². The van der Waals surface area contributed by atoms with Crippen molar-refractivity contribution < 1.29 is 17.9 Å². The molecule has 0 amide bonds. The van der Waals surface area contributed by atoms with E-state index in [-0.39, 0.29) is 17.7 Å². The fourth-order valence-corrected chi connectivity index (χ4v) is 2.91. The van der Waals surface area contributed by atoms with E-state index >= 15 is 0 Å². The standard InChI is InChI=1S/C24H27F3N4O/c1-15(2)14-32-21-8-6-5-7-20(21)30-22-19(24(25,26)27)13-28-23(31-22)29-18-11-9-17(10-12-18)16(3)4/h5-13,15-16H,14H2,1-4H3,(H2,28,29,30,31). The highest BCUT2D eigenvalue weighted by Crippen LogP contribution is 2.37. The first-order valence-electron chi connectivity index (χ1n) is 10.4. The molecule has 2 N–H and O–H groups in total. The Balaban J connectivity index is 1.90. The number of alkyl halides is 3. The highest BCUT2D eigenvalue weighted by molar-refractivity contribution is 5.67. The van der Waals surface area contributed by atoms with E-state index in [2.05, 4.69) is 34.4 Å². The first kappa shape index (κ1) is 23.4. The van der Waals surface area contributed by atoms with Crippen molar-refractivity contribution in [1.82, 2.24) is 9.97 Å². The van der Waals surface area contributed by atoms with Gasteiger partial charge in [-0.1, -0.05) is 52.0 Å². The number of para-hydroxylation sites is 2. The molecular formula is C24H27F3N4O. The Morgan fingerprint density at radius 1 is 0.938 bits per heavy atom. The van der Waals surface area contributed by atoms with E-state index in [9.17, 15) is 13.2 Å². The van der Waals surface area contributed by atoms with Crippen LogP contribution in [0.2, 0.25) is 0 Å². The average molecular weight is 445 g/mol. The fourth-order valence-electron chi connectivity index (χ4n) is 2.91. The molecular weight excluding hydrogens is 417 g/mol. The van der Waals surface area contributed by atoms with E-state index in [1.807, 2.05) is 38.1 Å². The lowest BCUT2D eigenvalue weighted by Gasteiger charge is -2.17. The minimum atomic E-state index is -4.62. The van der Waals surface area contributed by atoms with E-state index in [1.54, 1.807) is 24.3 Å². The molecule has 170 valence electrons. The molecule has 1 aromatic heterocycles. The SMILES string of the molecule is CC(C)COc1ccccc1Nc1nc(Nc2ccc(C(C)C)cc2)ncc1C(F)(F)F. The van der Waals surface area contributed by atoms with Gasteiger partial charge in [0, 0.05) is 11.9 Å². The molecule has 0 saturated heterocycles. The molecule has 0 radical (unpaired) electrons. The third-order valence-corrected chi connectivity index (χ3v) is 4.64. The topological polar surface area (TPSA) is 59.1 Å². The second-order valence-corrected chi connectivity index (χ2v) is 8.18. The second kappa shape index (κ2) is 9.89. The van der Waals surface area contributed by atoms with E-state index in [1.165, 1.54) is 0 Å². The van der Waals surface area contributed by atoms with Crippen LogP contribution in [-0.4, -0.2) is 16.6 Å². The van der Waals surface area contributed by atoms with Gasteiger partial charge in [-0.15, -0.1) is 0 Å². The summed E-state index contributed by atoms with van der Waals surface area (Å²) in [6.07, 6.45) is -3.84. The van der Waals surface area contributed by atoms with Crippen LogP contribution in [0.25, 0.3) is 0 Å². The quantitative estimate of drug-likeness (QED) is 0.387. The molecule has 0 fully saturated rings. The van der Waals surface area contributed by atoms with Crippen LogP contribution in [0.3, 0.4) is 0 Å². The molecule has 1 heterocycles. The van der Waals surface area contributed by atoms with Gasteiger partial charge in [0.05, 0.1) is 12.3 Å². The molecule has 0 aliphatic rings. The summed E-state index contributed by atoms with van der Waals surface area (Å²) in [5, 5.41) is 5.75. The molecule has 0 bridgehead atoms. The lowest BCUT2D eigenvalue weighted by molar-refractivity contribution is -0.137. The number of benzene rings is 2. The predicted octanol–water partition coefficient (Wildman–Crippen LogP) is 7.14. The van der Waals surface area contributed by atoms with E-state index in [4.69, 9.17) is 4.74 Å². The Kier molecular flexibility index (Phi) is 7.22. The number of ether oxygens (including phenoxy) is 1.